The van der Waals surface area contributed by atoms with Gasteiger partial charge < -0.3 is 14.6 Å². The lowest BCUT2D eigenvalue weighted by molar-refractivity contribution is -0.384. The van der Waals surface area contributed by atoms with Gasteiger partial charge in [0.1, 0.15) is 5.60 Å². The minimum atomic E-state index is -1.47. The average Bonchev–Trinajstić information content (AvgIpc) is 3.02. The van der Waals surface area contributed by atoms with Gasteiger partial charge in [0.2, 0.25) is 0 Å². The Labute approximate surface area is 158 Å². The number of piperidine rings is 1. The number of rotatable bonds is 3. The molecule has 1 aromatic heterocycles. The number of ether oxygens (including phenoxy) is 1. The fraction of sp³-hybridized carbons (Fsp3) is 0.529. The van der Waals surface area contributed by atoms with Gasteiger partial charge in [-0.05, 0) is 39.7 Å². The largest absolute Gasteiger partial charge is 0.444 e. The third kappa shape index (κ3) is 4.44. The van der Waals surface area contributed by atoms with Gasteiger partial charge in [-0.15, -0.1) is 0 Å². The van der Waals surface area contributed by atoms with Gasteiger partial charge in [0, 0.05) is 25.2 Å². The van der Waals surface area contributed by atoms with Crippen molar-refractivity contribution in [2.24, 2.45) is 0 Å². The molecule has 0 radical (unpaired) electrons. The van der Waals surface area contributed by atoms with Crippen LogP contribution in [0.5, 0.6) is 0 Å². The summed E-state index contributed by atoms with van der Waals surface area (Å²) in [5.74, 6) is 0. The van der Waals surface area contributed by atoms with Crippen LogP contribution in [0.1, 0.15) is 33.6 Å². The van der Waals surface area contributed by atoms with Crippen LogP contribution in [-0.2, 0) is 15.5 Å². The first-order valence-electron chi connectivity index (χ1n) is 8.67. The Bertz CT molecular complexity index is 904. The van der Waals surface area contributed by atoms with Crippen LogP contribution in [0.15, 0.2) is 23.4 Å². The number of aromatic amines is 1. The number of non-ortho nitro benzene ring substituents is 1. The van der Waals surface area contributed by atoms with Crippen molar-refractivity contribution >= 4 is 33.6 Å². The van der Waals surface area contributed by atoms with E-state index in [0.29, 0.717) is 30.5 Å². The smallest absolute Gasteiger partial charge is 0.410 e. The van der Waals surface area contributed by atoms with Crippen LogP contribution < -0.4 is 0 Å². The van der Waals surface area contributed by atoms with Crippen molar-refractivity contribution in [1.29, 1.82) is 0 Å². The predicted octanol–water partition coefficient (Wildman–Crippen LogP) is 2.98. The molecule has 2 aromatic rings. The van der Waals surface area contributed by atoms with E-state index < -0.39 is 27.4 Å². The molecule has 2 atom stereocenters. The van der Waals surface area contributed by atoms with Gasteiger partial charge in [-0.3, -0.25) is 14.3 Å². The molecule has 27 heavy (non-hydrogen) atoms. The van der Waals surface area contributed by atoms with E-state index in [-0.39, 0.29) is 16.1 Å². The lowest BCUT2D eigenvalue weighted by Gasteiger charge is -2.33. The van der Waals surface area contributed by atoms with Crippen molar-refractivity contribution in [3.05, 3.63) is 28.3 Å². The molecule has 1 fully saturated rings. The van der Waals surface area contributed by atoms with E-state index in [4.69, 9.17) is 4.74 Å². The van der Waals surface area contributed by atoms with Crippen LogP contribution >= 0.6 is 0 Å². The van der Waals surface area contributed by atoms with Gasteiger partial charge in [0.15, 0.2) is 5.16 Å². The molecule has 0 unspecified atom stereocenters. The van der Waals surface area contributed by atoms with E-state index in [1.54, 1.807) is 25.7 Å². The van der Waals surface area contributed by atoms with Gasteiger partial charge in [0.05, 0.1) is 32.0 Å². The number of benzene rings is 1. The normalized spacial score (nSPS) is 19.1. The van der Waals surface area contributed by atoms with E-state index in [0.717, 1.165) is 6.42 Å². The molecule has 1 aromatic carbocycles. The number of nitro benzene ring substituents is 1. The lowest BCUT2D eigenvalue weighted by atomic mass is 10.1. The Balaban J connectivity index is 1.76. The fourth-order valence-corrected chi connectivity index (χ4v) is 4.36. The number of carbonyl (C=O) groups is 1. The zero-order chi connectivity index (χ0) is 19.8. The monoisotopic (exact) mass is 394 g/mol. The predicted molar refractivity (Wildman–Crippen MR) is 100.0 cm³/mol. The SMILES string of the molecule is CC(C)(C)OC(=O)N1CCC[C@@H]([S@](=O)c2nc3ccc([N+](=O)[O-])cc3[nH]2)C1. The molecule has 9 nitrogen and oxygen atoms in total. The van der Waals surface area contributed by atoms with Crippen LogP contribution in [-0.4, -0.2) is 54.0 Å². The summed E-state index contributed by atoms with van der Waals surface area (Å²) in [4.78, 5) is 31.5. The van der Waals surface area contributed by atoms with Crippen LogP contribution in [0.3, 0.4) is 0 Å². The number of likely N-dealkylation sites (tertiary alicyclic amines) is 1. The average molecular weight is 394 g/mol. The van der Waals surface area contributed by atoms with Crippen molar-refractivity contribution in [2.75, 3.05) is 13.1 Å². The number of nitro groups is 1. The maximum absolute atomic E-state index is 12.9. The highest BCUT2D eigenvalue weighted by atomic mass is 32.2. The first-order valence-corrected chi connectivity index (χ1v) is 9.88. The molecule has 146 valence electrons. The zero-order valence-electron chi connectivity index (χ0n) is 15.4. The number of fused-ring (bicyclic) bond motifs is 1. The molecule has 1 aliphatic rings. The lowest BCUT2D eigenvalue weighted by Crippen LogP contribution is -2.46. The molecule has 0 saturated carbocycles. The van der Waals surface area contributed by atoms with Crippen molar-refractivity contribution in [2.45, 2.75) is 49.6 Å². The molecule has 1 aliphatic heterocycles. The van der Waals surface area contributed by atoms with Gasteiger partial charge in [-0.25, -0.2) is 9.78 Å². The molecular weight excluding hydrogens is 372 g/mol. The Morgan fingerprint density at radius 1 is 1.44 bits per heavy atom. The van der Waals surface area contributed by atoms with Crippen molar-refractivity contribution in [1.82, 2.24) is 14.9 Å². The molecule has 1 amide bonds. The third-order valence-electron chi connectivity index (χ3n) is 4.18. The van der Waals surface area contributed by atoms with E-state index >= 15 is 0 Å². The van der Waals surface area contributed by atoms with Crippen LogP contribution in [0, 0.1) is 10.1 Å². The second-order valence-electron chi connectivity index (χ2n) is 7.49. The third-order valence-corrected chi connectivity index (χ3v) is 5.74. The maximum Gasteiger partial charge on any atom is 0.410 e. The quantitative estimate of drug-likeness (QED) is 0.631. The standard InChI is InChI=1S/C17H22N4O5S/c1-17(2,3)26-16(22)20-8-4-5-12(10-20)27(25)15-18-13-7-6-11(21(23)24)9-14(13)19-15/h6-7,9,12H,4-5,8,10H2,1-3H3,(H,18,19)/t12-,27+/m1/s1. The van der Waals surface area contributed by atoms with Gasteiger partial charge in [-0.1, -0.05) is 0 Å². The molecule has 0 spiro atoms. The summed E-state index contributed by atoms with van der Waals surface area (Å²) in [6.07, 6.45) is 1.01. The molecule has 1 N–H and O–H groups in total. The number of nitrogens with one attached hydrogen (secondary N) is 1. The second-order valence-corrected chi connectivity index (χ2v) is 9.14. The van der Waals surface area contributed by atoms with Crippen LogP contribution in [0.2, 0.25) is 0 Å². The van der Waals surface area contributed by atoms with E-state index in [1.807, 2.05) is 0 Å². The Hall–Kier alpha value is -2.49. The molecule has 2 heterocycles. The van der Waals surface area contributed by atoms with Crippen LogP contribution in [0.25, 0.3) is 11.0 Å². The first-order chi connectivity index (χ1) is 12.6. The van der Waals surface area contributed by atoms with E-state index in [2.05, 4.69) is 9.97 Å². The molecule has 0 bridgehead atoms. The fourth-order valence-electron chi connectivity index (χ4n) is 2.95. The highest BCUT2D eigenvalue weighted by Gasteiger charge is 2.32. The van der Waals surface area contributed by atoms with Gasteiger partial charge in [0.25, 0.3) is 5.69 Å². The number of aromatic nitrogens is 2. The summed E-state index contributed by atoms with van der Waals surface area (Å²) in [7, 11) is -1.47. The summed E-state index contributed by atoms with van der Waals surface area (Å²) in [6, 6.07) is 4.26. The first kappa shape index (κ1) is 19.3. The number of carbonyl (C=O) groups excluding carboxylic acids is 1. The van der Waals surface area contributed by atoms with Crippen molar-refractivity contribution in [3.8, 4) is 0 Å². The number of nitrogens with zero attached hydrogens (tertiary/aromatic N) is 3. The Morgan fingerprint density at radius 3 is 2.85 bits per heavy atom. The number of amides is 1. The Kier molecular flexibility index (Phi) is 5.18. The summed E-state index contributed by atoms with van der Waals surface area (Å²) < 4.78 is 18.3. The second kappa shape index (κ2) is 7.26. The summed E-state index contributed by atoms with van der Waals surface area (Å²) in [6.45, 7) is 6.29. The minimum absolute atomic E-state index is 0.0581. The highest BCUT2D eigenvalue weighted by molar-refractivity contribution is 7.85. The number of hydrogen-bond donors (Lipinski definition) is 1. The summed E-state index contributed by atoms with van der Waals surface area (Å²) in [5, 5.41) is 10.9. The van der Waals surface area contributed by atoms with Gasteiger partial charge >= 0.3 is 6.09 Å². The molecule has 0 aliphatic carbocycles. The van der Waals surface area contributed by atoms with E-state index in [1.165, 1.54) is 18.2 Å². The van der Waals surface area contributed by atoms with Crippen molar-refractivity contribution in [3.63, 3.8) is 0 Å². The number of imidazole rings is 1. The molecule has 10 heteroatoms. The maximum atomic E-state index is 12.9. The minimum Gasteiger partial charge on any atom is -0.444 e. The zero-order valence-corrected chi connectivity index (χ0v) is 16.2. The number of H-pyrrole nitrogens is 1. The topological polar surface area (TPSA) is 118 Å². The molecule has 3 rings (SSSR count). The van der Waals surface area contributed by atoms with Crippen LogP contribution in [0.4, 0.5) is 10.5 Å². The molecule has 1 saturated heterocycles. The molecular formula is C17H22N4O5S. The Morgan fingerprint density at radius 2 is 2.19 bits per heavy atom. The van der Waals surface area contributed by atoms with E-state index in [9.17, 15) is 19.1 Å². The summed E-state index contributed by atoms with van der Waals surface area (Å²) in [5.41, 5.74) is 0.338. The van der Waals surface area contributed by atoms with Crippen molar-refractivity contribution < 1.29 is 18.7 Å². The summed E-state index contributed by atoms with van der Waals surface area (Å²) >= 11 is 0. The van der Waals surface area contributed by atoms with Gasteiger partial charge in [-0.2, -0.15) is 0 Å². The number of hydrogen-bond acceptors (Lipinski definition) is 6. The highest BCUT2D eigenvalue weighted by Crippen LogP contribution is 2.24.